The summed E-state index contributed by atoms with van der Waals surface area (Å²) in [5, 5.41) is 0. The quantitative estimate of drug-likeness (QED) is 0.293. The first-order chi connectivity index (χ1) is 16.0. The smallest absolute Gasteiger partial charge is 0.267 e. The normalized spacial score (nSPS) is 18.2. The number of hydrogen-bond acceptors (Lipinski definition) is 6. The molecule has 0 spiro atoms. The fourth-order valence-corrected chi connectivity index (χ4v) is 5.71. The molecular weight excluding hydrogens is 452 g/mol. The summed E-state index contributed by atoms with van der Waals surface area (Å²) in [5.41, 5.74) is 1.94. The minimum absolute atomic E-state index is 0.0983. The Labute approximate surface area is 205 Å². The van der Waals surface area contributed by atoms with Gasteiger partial charge >= 0.3 is 0 Å². The van der Waals surface area contributed by atoms with E-state index in [0.29, 0.717) is 32.8 Å². The van der Waals surface area contributed by atoms with Gasteiger partial charge in [0.25, 0.3) is 11.5 Å². The molecule has 2 aliphatic heterocycles. The van der Waals surface area contributed by atoms with Crippen molar-refractivity contribution in [3.05, 3.63) is 44.7 Å². The Bertz CT molecular complexity index is 1140. The number of rotatable bonds is 8. The first kappa shape index (κ1) is 24.0. The van der Waals surface area contributed by atoms with E-state index in [0.717, 1.165) is 44.3 Å². The maximum atomic E-state index is 13.6. The van der Waals surface area contributed by atoms with Crippen molar-refractivity contribution in [2.24, 2.45) is 0 Å². The predicted octanol–water partition coefficient (Wildman–Crippen LogP) is 5.16. The summed E-state index contributed by atoms with van der Waals surface area (Å²) in [6, 6.07) is 3.85. The number of aromatic nitrogens is 2. The van der Waals surface area contributed by atoms with Gasteiger partial charge in [0.2, 0.25) is 0 Å². The molecule has 0 N–H and O–H groups in total. The number of nitrogens with zero attached hydrogens (tertiary/aromatic N) is 4. The molecule has 0 bridgehead atoms. The second kappa shape index (κ2) is 10.8. The zero-order valence-corrected chi connectivity index (χ0v) is 21.1. The Balaban J connectivity index is 1.68. The highest BCUT2D eigenvalue weighted by Crippen LogP contribution is 2.34. The molecule has 2 aromatic rings. The number of amides is 1. The first-order valence-corrected chi connectivity index (χ1v) is 13.3. The van der Waals surface area contributed by atoms with Crippen molar-refractivity contribution in [1.29, 1.82) is 0 Å². The van der Waals surface area contributed by atoms with E-state index in [-0.39, 0.29) is 11.5 Å². The molecule has 1 amide bonds. The molecule has 4 rings (SSSR count). The minimum atomic E-state index is -0.144. The van der Waals surface area contributed by atoms with Gasteiger partial charge in [-0.25, -0.2) is 4.98 Å². The number of aryl methyl sites for hydroxylation is 1. The van der Waals surface area contributed by atoms with Crippen LogP contribution in [0.1, 0.15) is 69.4 Å². The minimum Gasteiger partial charge on any atom is -0.356 e. The molecule has 2 fully saturated rings. The van der Waals surface area contributed by atoms with E-state index in [4.69, 9.17) is 17.2 Å². The van der Waals surface area contributed by atoms with Crippen molar-refractivity contribution in [3.8, 4) is 0 Å². The van der Waals surface area contributed by atoms with E-state index < -0.39 is 0 Å². The summed E-state index contributed by atoms with van der Waals surface area (Å²) in [6.45, 7) is 6.52. The largest absolute Gasteiger partial charge is 0.356 e. The number of carbonyl (C=O) groups is 1. The van der Waals surface area contributed by atoms with Gasteiger partial charge in [-0.15, -0.1) is 0 Å². The van der Waals surface area contributed by atoms with Gasteiger partial charge in [-0.3, -0.25) is 18.9 Å². The van der Waals surface area contributed by atoms with E-state index in [9.17, 15) is 9.59 Å². The molecule has 0 atom stereocenters. The summed E-state index contributed by atoms with van der Waals surface area (Å²) < 4.78 is 2.16. The third kappa shape index (κ3) is 5.32. The van der Waals surface area contributed by atoms with Crippen LogP contribution in [0.15, 0.2) is 28.0 Å². The average molecular weight is 485 g/mol. The van der Waals surface area contributed by atoms with Crippen LogP contribution in [-0.2, 0) is 4.79 Å². The van der Waals surface area contributed by atoms with E-state index >= 15 is 0 Å². The number of thioether (sulfide) groups is 1. The topological polar surface area (TPSA) is 57.9 Å². The fourth-order valence-electron chi connectivity index (χ4n) is 4.42. The Morgan fingerprint density at radius 1 is 1.09 bits per heavy atom. The number of thiocarbonyl (C=S) groups is 1. The number of anilines is 1. The Morgan fingerprint density at radius 2 is 1.85 bits per heavy atom. The van der Waals surface area contributed by atoms with Crippen molar-refractivity contribution in [3.63, 3.8) is 0 Å². The van der Waals surface area contributed by atoms with E-state index in [1.54, 1.807) is 15.4 Å². The lowest BCUT2D eigenvalue weighted by atomic mass is 10.1. The predicted molar refractivity (Wildman–Crippen MR) is 141 cm³/mol. The molecule has 0 radical (unpaired) electrons. The number of piperidine rings is 1. The molecule has 2 aliphatic rings. The lowest BCUT2D eigenvalue weighted by Crippen LogP contribution is -2.33. The maximum absolute atomic E-state index is 13.6. The van der Waals surface area contributed by atoms with E-state index in [1.165, 1.54) is 37.4 Å². The lowest BCUT2D eigenvalue weighted by molar-refractivity contribution is -0.122. The zero-order valence-electron chi connectivity index (χ0n) is 19.5. The Hall–Kier alpha value is -2.19. The molecule has 2 saturated heterocycles. The van der Waals surface area contributed by atoms with Crippen LogP contribution in [0, 0.1) is 6.92 Å². The average Bonchev–Trinajstić information content (AvgIpc) is 3.08. The Kier molecular flexibility index (Phi) is 7.86. The van der Waals surface area contributed by atoms with Gasteiger partial charge in [-0.2, -0.15) is 0 Å². The zero-order chi connectivity index (χ0) is 23.4. The summed E-state index contributed by atoms with van der Waals surface area (Å²) >= 11 is 6.81. The number of hydrogen-bond donors (Lipinski definition) is 0. The number of pyridine rings is 1. The van der Waals surface area contributed by atoms with Crippen LogP contribution in [0.3, 0.4) is 0 Å². The maximum Gasteiger partial charge on any atom is 0.267 e. The summed E-state index contributed by atoms with van der Waals surface area (Å²) in [5.74, 6) is 0.576. The first-order valence-electron chi connectivity index (χ1n) is 12.0. The number of fused-ring (bicyclic) bond motifs is 1. The van der Waals surface area contributed by atoms with Crippen LogP contribution >= 0.6 is 24.0 Å². The van der Waals surface area contributed by atoms with Crippen molar-refractivity contribution >= 4 is 51.7 Å². The molecule has 0 aromatic carbocycles. The molecule has 8 heteroatoms. The molecule has 176 valence electrons. The van der Waals surface area contributed by atoms with Crippen molar-refractivity contribution < 1.29 is 4.79 Å². The molecule has 4 heterocycles. The molecule has 0 unspecified atom stereocenters. The van der Waals surface area contributed by atoms with E-state index in [2.05, 4.69) is 11.8 Å². The number of unbranched alkanes of at least 4 members (excludes halogenated alkanes) is 4. The van der Waals surface area contributed by atoms with Crippen molar-refractivity contribution in [2.45, 2.75) is 65.2 Å². The highest BCUT2D eigenvalue weighted by Gasteiger charge is 2.32. The van der Waals surface area contributed by atoms with Crippen LogP contribution in [0.25, 0.3) is 11.7 Å². The summed E-state index contributed by atoms with van der Waals surface area (Å²) in [7, 11) is 0. The molecule has 33 heavy (non-hydrogen) atoms. The SMILES string of the molecule is CCCCCCCN1C(=O)/C(=C\c2c(N3CCCCC3)nc3ccc(C)cn3c2=O)SC1=S. The van der Waals surface area contributed by atoms with Crippen molar-refractivity contribution in [1.82, 2.24) is 14.3 Å². The van der Waals surface area contributed by atoms with Crippen LogP contribution in [0.2, 0.25) is 0 Å². The highest BCUT2D eigenvalue weighted by atomic mass is 32.2. The third-order valence-electron chi connectivity index (χ3n) is 6.28. The number of carbonyl (C=O) groups excluding carboxylic acids is 1. The van der Waals surface area contributed by atoms with Crippen LogP contribution in [0.4, 0.5) is 5.82 Å². The second-order valence-electron chi connectivity index (χ2n) is 8.88. The van der Waals surface area contributed by atoms with Gasteiger partial charge in [-0.1, -0.05) is 62.7 Å². The Morgan fingerprint density at radius 3 is 2.61 bits per heavy atom. The monoisotopic (exact) mass is 484 g/mol. The molecular formula is C25H32N4O2S2. The summed E-state index contributed by atoms with van der Waals surface area (Å²) in [4.78, 5) is 36.0. The standard InChI is InChI=1S/C25H32N4O2S2/c1-3-4-5-6-10-15-28-24(31)20(33-25(28)32)16-19-22(27-13-8-7-9-14-27)26-21-12-11-18(2)17-29(21)23(19)30/h11-12,16-17H,3-10,13-15H2,1-2H3/b20-16+. The van der Waals surface area contributed by atoms with Gasteiger partial charge in [0.15, 0.2) is 0 Å². The van der Waals surface area contributed by atoms with Gasteiger partial charge in [-0.05, 0) is 50.3 Å². The third-order valence-corrected chi connectivity index (χ3v) is 7.65. The van der Waals surface area contributed by atoms with Gasteiger partial charge in [0.05, 0.1) is 10.5 Å². The van der Waals surface area contributed by atoms with Crippen molar-refractivity contribution in [2.75, 3.05) is 24.5 Å². The second-order valence-corrected chi connectivity index (χ2v) is 10.6. The molecule has 0 aliphatic carbocycles. The molecule has 2 aromatic heterocycles. The lowest BCUT2D eigenvalue weighted by Gasteiger charge is -2.29. The van der Waals surface area contributed by atoms with Gasteiger partial charge in [0.1, 0.15) is 15.8 Å². The van der Waals surface area contributed by atoms with Crippen LogP contribution < -0.4 is 10.5 Å². The van der Waals surface area contributed by atoms with Crippen LogP contribution in [-0.4, -0.2) is 44.1 Å². The molecule has 0 saturated carbocycles. The summed E-state index contributed by atoms with van der Waals surface area (Å²) in [6.07, 6.45) is 12.5. The van der Waals surface area contributed by atoms with Gasteiger partial charge in [0, 0.05) is 25.8 Å². The fraction of sp³-hybridized carbons (Fsp3) is 0.520. The molecule has 6 nitrogen and oxygen atoms in total. The highest BCUT2D eigenvalue weighted by molar-refractivity contribution is 8.26. The van der Waals surface area contributed by atoms with Crippen LogP contribution in [0.5, 0.6) is 0 Å². The van der Waals surface area contributed by atoms with Gasteiger partial charge < -0.3 is 4.90 Å². The van der Waals surface area contributed by atoms with E-state index in [1.807, 2.05) is 25.3 Å².